The quantitative estimate of drug-likeness (QED) is 0.340. The molecule has 0 radical (unpaired) electrons. The number of nitrogens with two attached hydrogens (primary N) is 1. The molecule has 2 heterocycles. The van der Waals surface area contributed by atoms with Gasteiger partial charge in [-0.1, -0.05) is 24.3 Å². The van der Waals surface area contributed by atoms with Crippen molar-refractivity contribution in [1.29, 1.82) is 5.41 Å². The van der Waals surface area contributed by atoms with E-state index in [4.69, 9.17) is 20.9 Å². The van der Waals surface area contributed by atoms with Crippen LogP contribution >= 0.6 is 24.8 Å². The summed E-state index contributed by atoms with van der Waals surface area (Å²) in [6, 6.07) is 13.4. The molecule has 2 aliphatic rings. The van der Waals surface area contributed by atoms with Crippen LogP contribution in [0, 0.1) is 5.41 Å². The molecule has 172 valence electrons. The zero-order valence-electron chi connectivity index (χ0n) is 17.5. The van der Waals surface area contributed by atoms with Gasteiger partial charge in [0.05, 0.1) is 17.3 Å². The van der Waals surface area contributed by atoms with Crippen molar-refractivity contribution in [2.75, 3.05) is 13.1 Å². The summed E-state index contributed by atoms with van der Waals surface area (Å²) in [4.78, 5) is 16.3. The Morgan fingerprint density at radius 3 is 2.62 bits per heavy atom. The van der Waals surface area contributed by atoms with Crippen molar-refractivity contribution in [3.8, 4) is 5.75 Å². The highest BCUT2D eigenvalue weighted by Crippen LogP contribution is 2.27. The molecule has 0 aliphatic carbocycles. The molecule has 0 bridgehead atoms. The Kier molecular flexibility index (Phi) is 8.66. The lowest BCUT2D eigenvalue weighted by Crippen LogP contribution is -2.27. The smallest absolute Gasteiger partial charge is 0.306 e. The summed E-state index contributed by atoms with van der Waals surface area (Å²) in [5.74, 6) is -0.0584. The number of amidine groups is 1. The number of carboxylic acid groups (broad SMARTS) is 1. The summed E-state index contributed by atoms with van der Waals surface area (Å²) in [6.07, 6.45) is 4.38. The molecule has 5 N–H and O–H groups in total. The Morgan fingerprint density at radius 2 is 2.00 bits per heavy atom. The molecule has 9 heteroatoms. The first-order chi connectivity index (χ1) is 14.4. The minimum absolute atomic E-state index is 0. The maximum absolute atomic E-state index is 11.6. The summed E-state index contributed by atoms with van der Waals surface area (Å²) >= 11 is 0. The van der Waals surface area contributed by atoms with Crippen molar-refractivity contribution in [2.24, 2.45) is 10.7 Å². The van der Waals surface area contributed by atoms with Crippen molar-refractivity contribution in [3.05, 3.63) is 64.2 Å². The van der Waals surface area contributed by atoms with Gasteiger partial charge >= 0.3 is 5.97 Å². The second-order valence-electron chi connectivity index (χ2n) is 7.99. The van der Waals surface area contributed by atoms with E-state index in [1.54, 1.807) is 12.1 Å². The van der Waals surface area contributed by atoms with Crippen molar-refractivity contribution in [2.45, 2.75) is 37.3 Å². The lowest BCUT2D eigenvalue weighted by atomic mass is 9.88. The third-order valence-corrected chi connectivity index (χ3v) is 5.65. The third kappa shape index (κ3) is 6.00. The fourth-order valence-electron chi connectivity index (χ4n) is 4.08. The normalized spacial score (nSPS) is 20.7. The summed E-state index contributed by atoms with van der Waals surface area (Å²) in [6.45, 7) is 1.87. The third-order valence-electron chi connectivity index (χ3n) is 5.65. The van der Waals surface area contributed by atoms with Gasteiger partial charge in [-0.25, -0.2) is 0 Å². The van der Waals surface area contributed by atoms with Crippen LogP contribution in [0.1, 0.15) is 30.4 Å². The molecule has 7 nitrogen and oxygen atoms in total. The van der Waals surface area contributed by atoms with Crippen LogP contribution in [0.2, 0.25) is 0 Å². The van der Waals surface area contributed by atoms with Crippen LogP contribution in [-0.4, -0.2) is 41.6 Å². The molecule has 0 aromatic heterocycles. The topological polar surface area (TPSA) is 121 Å². The number of ether oxygens (including phenoxy) is 1. The maximum atomic E-state index is 11.6. The van der Waals surface area contributed by atoms with Gasteiger partial charge in [0.1, 0.15) is 17.7 Å². The first kappa shape index (κ1) is 25.6. The second kappa shape index (κ2) is 10.8. The molecular formula is C23H28Cl2N4O3. The van der Waals surface area contributed by atoms with E-state index in [0.717, 1.165) is 36.0 Å². The molecule has 32 heavy (non-hydrogen) atoms. The summed E-state index contributed by atoms with van der Waals surface area (Å²) < 4.78 is 5.96. The molecule has 4 rings (SSSR count). The number of nitrogen functional groups attached to an aromatic ring is 1. The van der Waals surface area contributed by atoms with E-state index in [0.29, 0.717) is 23.8 Å². The van der Waals surface area contributed by atoms with Gasteiger partial charge in [0.15, 0.2) is 0 Å². The lowest BCUT2D eigenvalue weighted by molar-refractivity contribution is -0.137. The number of nitrogens with one attached hydrogen (secondary N) is 2. The van der Waals surface area contributed by atoms with E-state index in [1.165, 1.54) is 0 Å². The zero-order valence-corrected chi connectivity index (χ0v) is 19.2. The Labute approximate surface area is 199 Å². The number of halogens is 2. The lowest BCUT2D eigenvalue weighted by Gasteiger charge is -2.22. The minimum atomic E-state index is -0.886. The molecule has 0 amide bonds. The van der Waals surface area contributed by atoms with Crippen LogP contribution in [0.3, 0.4) is 0 Å². The number of rotatable bonds is 8. The van der Waals surface area contributed by atoms with Crippen LogP contribution in [0.5, 0.6) is 5.75 Å². The van der Waals surface area contributed by atoms with Crippen LogP contribution in [0.4, 0.5) is 0 Å². The molecule has 2 aromatic rings. The van der Waals surface area contributed by atoms with Crippen LogP contribution in [0.25, 0.3) is 6.08 Å². The van der Waals surface area contributed by atoms with E-state index in [-0.39, 0.29) is 43.2 Å². The Balaban J connectivity index is 0.00000181. The Morgan fingerprint density at radius 1 is 1.25 bits per heavy atom. The highest BCUT2D eigenvalue weighted by atomic mass is 35.5. The van der Waals surface area contributed by atoms with Gasteiger partial charge in [0.25, 0.3) is 0 Å². The number of carbonyl (C=O) groups is 1. The van der Waals surface area contributed by atoms with Crippen LogP contribution in [0.15, 0.2) is 47.5 Å². The highest BCUT2D eigenvalue weighted by molar-refractivity contribution is 5.94. The standard InChI is InChI=1S/C23H26N4O3.2ClH/c24-22(25)16-3-4-17-12-23(13-21(28)29,27-20(17)11-16)9-7-15-1-5-18(6-2-15)30-19-8-10-26-14-19;;/h1-6,11-12,19,26H,7-10,13-14H2,(H3,24,25)(H,28,29);2*1H/t19-,23?;;/m0../s1. The molecule has 0 spiro atoms. The predicted molar refractivity (Wildman–Crippen MR) is 129 cm³/mol. The number of aliphatic carboxylic acids is 1. The summed E-state index contributed by atoms with van der Waals surface area (Å²) in [5, 5.41) is 21.9. The number of nitrogens with zero attached hydrogens (tertiary/aromatic N) is 1. The number of hydrogen-bond donors (Lipinski definition) is 4. The monoisotopic (exact) mass is 478 g/mol. The molecule has 2 aliphatic heterocycles. The molecule has 2 aromatic carbocycles. The predicted octanol–water partition coefficient (Wildman–Crippen LogP) is 1.81. The SMILES string of the molecule is Cl.Cl.N=C(N)c1ccc2c(c1)=NC(CCc1ccc(O[C@H]3CCNC3)cc1)(CC(=O)O)C=2. The summed E-state index contributed by atoms with van der Waals surface area (Å²) in [7, 11) is 0. The molecule has 1 unspecified atom stereocenters. The van der Waals surface area contributed by atoms with Crippen molar-refractivity contribution in [1.82, 2.24) is 5.32 Å². The first-order valence-corrected chi connectivity index (χ1v) is 10.2. The van der Waals surface area contributed by atoms with Gasteiger partial charge in [-0.3, -0.25) is 15.2 Å². The molecule has 1 saturated heterocycles. The van der Waals surface area contributed by atoms with E-state index < -0.39 is 11.5 Å². The van der Waals surface area contributed by atoms with Gasteiger partial charge in [-0.15, -0.1) is 24.8 Å². The average Bonchev–Trinajstić information content (AvgIpc) is 3.33. The largest absolute Gasteiger partial charge is 0.489 e. The minimum Gasteiger partial charge on any atom is -0.489 e. The van der Waals surface area contributed by atoms with Crippen molar-refractivity contribution < 1.29 is 14.6 Å². The Hall–Kier alpha value is -2.61. The molecule has 1 fully saturated rings. The fraction of sp³-hybridized carbons (Fsp3) is 0.348. The van der Waals surface area contributed by atoms with Crippen LogP contribution < -0.4 is 26.4 Å². The van der Waals surface area contributed by atoms with E-state index in [9.17, 15) is 9.90 Å². The van der Waals surface area contributed by atoms with Crippen molar-refractivity contribution in [3.63, 3.8) is 0 Å². The molecular weight excluding hydrogens is 451 g/mol. The highest BCUT2D eigenvalue weighted by Gasteiger charge is 2.32. The van der Waals surface area contributed by atoms with Gasteiger partial charge in [-0.05, 0) is 60.9 Å². The van der Waals surface area contributed by atoms with Gasteiger partial charge < -0.3 is 20.9 Å². The number of fused-ring (bicyclic) bond motifs is 1. The number of hydrogen-bond acceptors (Lipinski definition) is 5. The number of aryl methyl sites for hydroxylation is 1. The Bertz CT molecular complexity index is 1090. The molecule has 0 saturated carbocycles. The van der Waals surface area contributed by atoms with Crippen LogP contribution in [-0.2, 0) is 11.2 Å². The fourth-order valence-corrected chi connectivity index (χ4v) is 4.08. The van der Waals surface area contributed by atoms with Crippen molar-refractivity contribution >= 4 is 42.7 Å². The average molecular weight is 479 g/mol. The van der Waals surface area contributed by atoms with Gasteiger partial charge in [0.2, 0.25) is 0 Å². The van der Waals surface area contributed by atoms with Gasteiger partial charge in [0, 0.05) is 12.1 Å². The number of carboxylic acids is 1. The van der Waals surface area contributed by atoms with Gasteiger partial charge in [-0.2, -0.15) is 0 Å². The molecule has 2 atom stereocenters. The first-order valence-electron chi connectivity index (χ1n) is 10.2. The summed E-state index contributed by atoms with van der Waals surface area (Å²) in [5.41, 5.74) is 6.48. The zero-order chi connectivity index (χ0) is 21.1. The van der Waals surface area contributed by atoms with E-state index in [1.807, 2.05) is 36.4 Å². The second-order valence-corrected chi connectivity index (χ2v) is 7.99. The maximum Gasteiger partial charge on any atom is 0.306 e. The number of benzene rings is 2. The van der Waals surface area contributed by atoms with E-state index in [2.05, 4.69) is 5.32 Å². The van der Waals surface area contributed by atoms with E-state index >= 15 is 0 Å².